The Morgan fingerprint density at radius 1 is 1.10 bits per heavy atom. The van der Waals surface area contributed by atoms with E-state index < -0.39 is 59.2 Å². The Morgan fingerprint density at radius 2 is 1.76 bits per heavy atom. The van der Waals surface area contributed by atoms with E-state index in [1.54, 1.807) is 13.0 Å². The lowest BCUT2D eigenvalue weighted by Gasteiger charge is -2.39. The molecule has 14 nitrogen and oxygen atoms in total. The first-order chi connectivity index (χ1) is 23.9. The second kappa shape index (κ2) is 16.7. The fourth-order valence-electron chi connectivity index (χ4n) is 6.64. The first-order valence-corrected chi connectivity index (χ1v) is 17.6. The number of aliphatic hydroxyl groups is 1. The number of nitrogens with one attached hydrogen (secondary N) is 1. The second-order valence-corrected chi connectivity index (χ2v) is 14.9. The van der Waals surface area contributed by atoms with Gasteiger partial charge < -0.3 is 34.2 Å². The maximum absolute atomic E-state index is 13.1. The Kier molecular flexibility index (Phi) is 13.2. The summed E-state index contributed by atoms with van der Waals surface area (Å²) in [6.07, 6.45) is 6.99. The zero-order valence-electron chi connectivity index (χ0n) is 30.5. The van der Waals surface area contributed by atoms with Crippen molar-refractivity contribution in [2.75, 3.05) is 6.61 Å². The molecule has 9 atom stereocenters. The number of hydrogen-bond acceptors (Lipinski definition) is 12. The van der Waals surface area contributed by atoms with Crippen LogP contribution in [0.3, 0.4) is 0 Å². The summed E-state index contributed by atoms with van der Waals surface area (Å²) in [4.78, 5) is 78.1. The number of epoxide rings is 1. The van der Waals surface area contributed by atoms with Crippen molar-refractivity contribution in [2.45, 2.75) is 142 Å². The van der Waals surface area contributed by atoms with Crippen LogP contribution < -0.4 is 5.32 Å². The molecule has 0 radical (unpaired) electrons. The number of rotatable bonds is 14. The molecule has 0 unspecified atom stereocenters. The molecule has 0 aliphatic carbocycles. The summed E-state index contributed by atoms with van der Waals surface area (Å²) >= 11 is 0. The molecule has 0 aromatic rings. The lowest BCUT2D eigenvalue weighted by molar-refractivity contribution is -0.204. The summed E-state index contributed by atoms with van der Waals surface area (Å²) in [7, 11) is 0. The minimum absolute atomic E-state index is 0.0183. The Morgan fingerprint density at radius 3 is 2.39 bits per heavy atom. The minimum atomic E-state index is -1.29. The number of hydroxylamine groups is 2. The van der Waals surface area contributed by atoms with Crippen molar-refractivity contribution in [3.8, 4) is 0 Å². The molecule has 4 aliphatic heterocycles. The molecule has 4 heterocycles. The van der Waals surface area contributed by atoms with Crippen LogP contribution in [0, 0.1) is 11.3 Å². The van der Waals surface area contributed by atoms with Gasteiger partial charge >= 0.3 is 11.9 Å². The molecule has 14 heteroatoms. The normalized spacial score (nSPS) is 32.0. The van der Waals surface area contributed by atoms with Crippen LogP contribution in [0.25, 0.3) is 0 Å². The highest BCUT2D eigenvalue weighted by molar-refractivity contribution is 6.02. The van der Waals surface area contributed by atoms with Gasteiger partial charge in [-0.2, -0.15) is 0 Å². The lowest BCUT2D eigenvalue weighted by Crippen LogP contribution is -2.50. The molecule has 3 amide bonds. The summed E-state index contributed by atoms with van der Waals surface area (Å²) in [6, 6.07) is -0.171. The molecule has 4 fully saturated rings. The van der Waals surface area contributed by atoms with Crippen LogP contribution in [0.15, 0.2) is 36.0 Å². The van der Waals surface area contributed by atoms with Crippen molar-refractivity contribution in [2.24, 2.45) is 11.3 Å². The van der Waals surface area contributed by atoms with E-state index >= 15 is 0 Å². The molecule has 0 bridgehead atoms. The largest absolute Gasteiger partial charge is 0.459 e. The van der Waals surface area contributed by atoms with Crippen molar-refractivity contribution in [1.82, 2.24) is 10.4 Å². The number of nitrogens with zero attached hydrogens (tertiary/aromatic N) is 1. The van der Waals surface area contributed by atoms with E-state index in [2.05, 4.69) is 12.2 Å². The summed E-state index contributed by atoms with van der Waals surface area (Å²) in [5, 5.41) is 14.5. The summed E-state index contributed by atoms with van der Waals surface area (Å²) in [5.74, 6) is -2.84. The first-order valence-electron chi connectivity index (χ1n) is 17.6. The van der Waals surface area contributed by atoms with Crippen LogP contribution in [-0.4, -0.2) is 100 Å². The SMILES string of the molecule is CC(=O)O[C@@H](C)/C=C\C(=O)N[C@@H]1C[C@H](C)[C@H](C/C=C(C)/C=C/[C@H]2O[C@H](CC(=O)CC(C)(C)C(=O)ON3C(=O)CCC3=O)C[C@@]3(CO3)[C@@H]2O)O[C@@H]1C. The van der Waals surface area contributed by atoms with E-state index in [1.807, 2.05) is 26.0 Å². The lowest BCUT2D eigenvalue weighted by atomic mass is 9.83. The van der Waals surface area contributed by atoms with Gasteiger partial charge in [0.2, 0.25) is 5.91 Å². The summed E-state index contributed by atoms with van der Waals surface area (Å²) in [6.45, 7) is 12.3. The highest BCUT2D eigenvalue weighted by Crippen LogP contribution is 2.44. The molecular weight excluding hydrogens is 664 g/mol. The number of ether oxygens (including phenoxy) is 4. The maximum Gasteiger partial charge on any atom is 0.339 e. The van der Waals surface area contributed by atoms with Crippen LogP contribution >= 0.6 is 0 Å². The molecule has 0 saturated carbocycles. The molecule has 1 spiro atoms. The average Bonchev–Trinajstić information content (AvgIpc) is 3.74. The molecule has 282 valence electrons. The summed E-state index contributed by atoms with van der Waals surface area (Å²) < 4.78 is 23.1. The third kappa shape index (κ3) is 10.9. The van der Waals surface area contributed by atoms with E-state index in [0.717, 1.165) is 12.0 Å². The molecule has 0 aromatic heterocycles. The number of carbonyl (C=O) groups excluding carboxylic acids is 6. The van der Waals surface area contributed by atoms with Crippen LogP contribution in [-0.2, 0) is 52.6 Å². The van der Waals surface area contributed by atoms with Crippen LogP contribution in [0.4, 0.5) is 0 Å². The maximum atomic E-state index is 13.1. The van der Waals surface area contributed by atoms with Gasteiger partial charge in [-0.05, 0) is 59.5 Å². The molecule has 4 saturated heterocycles. The smallest absolute Gasteiger partial charge is 0.339 e. The van der Waals surface area contributed by atoms with Gasteiger partial charge in [0.15, 0.2) is 0 Å². The number of imide groups is 1. The number of allylic oxidation sites excluding steroid dienone is 2. The van der Waals surface area contributed by atoms with E-state index in [1.165, 1.54) is 32.9 Å². The van der Waals surface area contributed by atoms with Gasteiger partial charge in [0, 0.05) is 45.1 Å². The van der Waals surface area contributed by atoms with E-state index in [4.69, 9.17) is 23.8 Å². The number of aliphatic hydroxyl groups excluding tert-OH is 1. The Balaban J connectivity index is 1.27. The van der Waals surface area contributed by atoms with Gasteiger partial charge in [0.05, 0.1) is 36.4 Å². The molecule has 4 aliphatic rings. The van der Waals surface area contributed by atoms with Gasteiger partial charge in [-0.15, -0.1) is 5.06 Å². The predicted molar refractivity (Wildman–Crippen MR) is 181 cm³/mol. The van der Waals surface area contributed by atoms with Crippen molar-refractivity contribution in [1.29, 1.82) is 0 Å². The van der Waals surface area contributed by atoms with Crippen LogP contribution in [0.1, 0.15) is 93.4 Å². The Labute approximate surface area is 298 Å². The standard InChI is InChI=1S/C37H52N2O12/c1-21(8-11-29-22(2)16-28(24(4)49-29)38-31(42)13-10-23(3)48-25(5)40)9-12-30-34(45)37(20-47-37)19-27(50-30)17-26(41)18-36(6,7)35(46)51-39-32(43)14-15-33(39)44/h8-10,12-13,22-24,27-30,34,45H,11,14-20H2,1-7H3,(H,38,42)/b12-9+,13-10-,21-8+/t22-,23-,24+,27+,28+,29-,30+,34+,37+/m0/s1. The zero-order valence-corrected chi connectivity index (χ0v) is 30.5. The predicted octanol–water partition coefficient (Wildman–Crippen LogP) is 2.96. The molecule has 2 N–H and O–H groups in total. The first kappa shape index (κ1) is 40.1. The molecule has 4 rings (SSSR count). The van der Waals surface area contributed by atoms with E-state index in [9.17, 15) is 33.9 Å². The molecule has 51 heavy (non-hydrogen) atoms. The second-order valence-electron chi connectivity index (χ2n) is 14.9. The Bertz CT molecular complexity index is 1430. The van der Waals surface area contributed by atoms with Crippen LogP contribution in [0.2, 0.25) is 0 Å². The van der Waals surface area contributed by atoms with E-state index in [0.29, 0.717) is 24.5 Å². The topological polar surface area (TPSA) is 187 Å². The minimum Gasteiger partial charge on any atom is -0.459 e. The van der Waals surface area contributed by atoms with Gasteiger partial charge in [-0.1, -0.05) is 30.7 Å². The van der Waals surface area contributed by atoms with Crippen molar-refractivity contribution in [3.05, 3.63) is 36.0 Å². The highest BCUT2D eigenvalue weighted by atomic mass is 16.7. The van der Waals surface area contributed by atoms with Gasteiger partial charge in [0.1, 0.15) is 29.7 Å². The van der Waals surface area contributed by atoms with Crippen LogP contribution in [0.5, 0.6) is 0 Å². The number of Topliss-reactive ketones (excluding diaryl/α,β-unsaturated/α-hetero) is 1. The Hall–Kier alpha value is -3.72. The van der Waals surface area contributed by atoms with Crippen molar-refractivity contribution >= 4 is 35.4 Å². The summed E-state index contributed by atoms with van der Waals surface area (Å²) in [5.41, 5.74) is -1.17. The number of amides is 3. The number of hydrogen-bond donors (Lipinski definition) is 2. The fraction of sp³-hybridized carbons (Fsp3) is 0.676. The quantitative estimate of drug-likeness (QED) is 0.0881. The number of carbonyl (C=O) groups is 6. The molecular formula is C37H52N2O12. The van der Waals surface area contributed by atoms with Crippen molar-refractivity contribution < 1.29 is 57.7 Å². The number of esters is 1. The van der Waals surface area contributed by atoms with Gasteiger partial charge in [0.25, 0.3) is 11.8 Å². The van der Waals surface area contributed by atoms with Crippen molar-refractivity contribution in [3.63, 3.8) is 0 Å². The number of ketones is 1. The van der Waals surface area contributed by atoms with Gasteiger partial charge in [-0.25, -0.2) is 4.79 Å². The highest BCUT2D eigenvalue weighted by Gasteiger charge is 2.58. The third-order valence-electron chi connectivity index (χ3n) is 9.75. The fourth-order valence-corrected chi connectivity index (χ4v) is 6.64. The third-order valence-corrected chi connectivity index (χ3v) is 9.75. The zero-order chi connectivity index (χ0) is 37.7. The van der Waals surface area contributed by atoms with Gasteiger partial charge in [-0.3, -0.25) is 24.0 Å². The molecule has 0 aromatic carbocycles. The average molecular weight is 717 g/mol. The monoisotopic (exact) mass is 716 g/mol. The van der Waals surface area contributed by atoms with E-state index in [-0.39, 0.29) is 61.5 Å².